The zero-order chi connectivity index (χ0) is 24.5. The molecule has 2 aromatic heterocycles. The first-order valence-electron chi connectivity index (χ1n) is 12.5. The van der Waals surface area contributed by atoms with Crippen molar-refractivity contribution < 1.29 is 23.7 Å². The Balaban J connectivity index is 2.04. The minimum Gasteiger partial charge on any atom is -0.496 e. The SMILES string of the molecule is CCOc1c(C(CC)CCCO)cc(CC)c(OC)c1C[n+]1ccc(-c2cc[n+](C)cc2)cc1. The molecule has 3 aromatic rings. The lowest BCUT2D eigenvalue weighted by Crippen LogP contribution is -2.34. The Hall–Kier alpha value is -2.92. The lowest BCUT2D eigenvalue weighted by Gasteiger charge is -2.24. The third kappa shape index (κ3) is 5.95. The summed E-state index contributed by atoms with van der Waals surface area (Å²) in [6.07, 6.45) is 12.0. The Morgan fingerprint density at radius 2 is 1.59 bits per heavy atom. The van der Waals surface area contributed by atoms with E-state index < -0.39 is 0 Å². The van der Waals surface area contributed by atoms with Crippen LogP contribution < -0.4 is 18.6 Å². The predicted octanol–water partition coefficient (Wildman–Crippen LogP) is 4.75. The molecule has 0 amide bonds. The third-order valence-corrected chi connectivity index (χ3v) is 6.49. The van der Waals surface area contributed by atoms with Crippen molar-refractivity contribution in [3.8, 4) is 22.6 Å². The van der Waals surface area contributed by atoms with Gasteiger partial charge in [-0.1, -0.05) is 13.8 Å². The summed E-state index contributed by atoms with van der Waals surface area (Å²) in [6, 6.07) is 10.8. The molecular formula is C29H40N2O3+2. The van der Waals surface area contributed by atoms with Crippen LogP contribution in [0.15, 0.2) is 55.1 Å². The molecule has 0 radical (unpaired) electrons. The lowest BCUT2D eigenvalue weighted by atomic mass is 9.87. The van der Waals surface area contributed by atoms with Gasteiger partial charge in [-0.3, -0.25) is 0 Å². The summed E-state index contributed by atoms with van der Waals surface area (Å²) in [6.45, 7) is 7.89. The maximum absolute atomic E-state index is 9.43. The number of rotatable bonds is 12. The van der Waals surface area contributed by atoms with Crippen LogP contribution in [0.3, 0.4) is 0 Å². The standard InChI is InChI=1S/C29H40N2O3/c1-6-22(10-9-19-32)26-20-23(7-2)28(33-5)27(29(26)34-8-3)21-31-17-13-25(14-18-31)24-11-15-30(4)16-12-24/h11-18,20,22,32H,6-10,19,21H2,1-5H3/q+2. The number of methoxy groups -OCH3 is 1. The van der Waals surface area contributed by atoms with Gasteiger partial charge >= 0.3 is 0 Å². The quantitative estimate of drug-likeness (QED) is 0.394. The first-order valence-corrected chi connectivity index (χ1v) is 12.5. The van der Waals surface area contributed by atoms with E-state index in [1.807, 2.05) is 18.5 Å². The van der Waals surface area contributed by atoms with Gasteiger partial charge in [0.25, 0.3) is 0 Å². The predicted molar refractivity (Wildman–Crippen MR) is 135 cm³/mol. The van der Waals surface area contributed by atoms with Gasteiger partial charge in [-0.05, 0) is 66.8 Å². The maximum Gasteiger partial charge on any atom is 0.181 e. The number of aliphatic hydroxyl groups is 1. The van der Waals surface area contributed by atoms with Crippen LogP contribution in [0.4, 0.5) is 0 Å². The van der Waals surface area contributed by atoms with Crippen molar-refractivity contribution in [1.29, 1.82) is 0 Å². The molecule has 0 aliphatic rings. The van der Waals surface area contributed by atoms with Gasteiger partial charge in [-0.25, -0.2) is 9.13 Å². The molecule has 3 rings (SSSR count). The molecule has 1 aromatic carbocycles. The maximum atomic E-state index is 9.43. The molecule has 182 valence electrons. The van der Waals surface area contributed by atoms with Crippen molar-refractivity contribution in [2.75, 3.05) is 20.3 Å². The van der Waals surface area contributed by atoms with Crippen LogP contribution in [0.25, 0.3) is 11.1 Å². The Morgan fingerprint density at radius 3 is 2.12 bits per heavy atom. The van der Waals surface area contributed by atoms with Crippen molar-refractivity contribution in [3.05, 3.63) is 71.8 Å². The summed E-state index contributed by atoms with van der Waals surface area (Å²) in [7, 11) is 3.78. The third-order valence-electron chi connectivity index (χ3n) is 6.49. The molecule has 0 bridgehead atoms. The van der Waals surface area contributed by atoms with Crippen molar-refractivity contribution in [2.24, 2.45) is 7.05 Å². The highest BCUT2D eigenvalue weighted by Gasteiger charge is 2.26. The second-order valence-electron chi connectivity index (χ2n) is 8.73. The van der Waals surface area contributed by atoms with E-state index >= 15 is 0 Å². The minimum absolute atomic E-state index is 0.214. The molecule has 2 heterocycles. The number of aromatic nitrogens is 2. The van der Waals surface area contributed by atoms with E-state index in [0.717, 1.165) is 42.7 Å². The highest BCUT2D eigenvalue weighted by molar-refractivity contribution is 5.61. The zero-order valence-corrected chi connectivity index (χ0v) is 21.4. The molecule has 5 nitrogen and oxygen atoms in total. The fraction of sp³-hybridized carbons (Fsp3) is 0.448. The summed E-state index contributed by atoms with van der Waals surface area (Å²) in [4.78, 5) is 0. The molecule has 0 spiro atoms. The molecule has 0 aliphatic carbocycles. The van der Waals surface area contributed by atoms with Gasteiger partial charge in [0.05, 0.1) is 13.7 Å². The van der Waals surface area contributed by atoms with Gasteiger partial charge in [0.2, 0.25) is 0 Å². The van der Waals surface area contributed by atoms with Crippen molar-refractivity contribution in [1.82, 2.24) is 0 Å². The number of pyridine rings is 2. The van der Waals surface area contributed by atoms with Gasteiger partial charge in [-0.2, -0.15) is 0 Å². The molecule has 1 N–H and O–H groups in total. The van der Waals surface area contributed by atoms with E-state index in [1.54, 1.807) is 7.11 Å². The summed E-state index contributed by atoms with van der Waals surface area (Å²) >= 11 is 0. The van der Waals surface area contributed by atoms with Crippen LogP contribution in [0.1, 0.15) is 62.6 Å². The smallest absolute Gasteiger partial charge is 0.181 e. The molecule has 1 atom stereocenters. The van der Waals surface area contributed by atoms with Gasteiger partial charge in [0.15, 0.2) is 31.3 Å². The fourth-order valence-electron chi connectivity index (χ4n) is 4.62. The summed E-state index contributed by atoms with van der Waals surface area (Å²) < 4.78 is 16.5. The van der Waals surface area contributed by atoms with Crippen molar-refractivity contribution in [2.45, 2.75) is 58.9 Å². The Kier molecular flexibility index (Phi) is 9.46. The number of benzene rings is 1. The Labute approximate surface area is 204 Å². The summed E-state index contributed by atoms with van der Waals surface area (Å²) in [5, 5.41) is 9.43. The number of hydrogen-bond acceptors (Lipinski definition) is 3. The number of ether oxygens (including phenoxy) is 2. The lowest BCUT2D eigenvalue weighted by molar-refractivity contribution is -0.688. The Bertz CT molecular complexity index is 1050. The fourth-order valence-corrected chi connectivity index (χ4v) is 4.62. The number of aliphatic hydroxyl groups excluding tert-OH is 1. The van der Waals surface area contributed by atoms with Crippen LogP contribution in [-0.2, 0) is 20.0 Å². The van der Waals surface area contributed by atoms with Gasteiger partial charge in [0.1, 0.15) is 24.1 Å². The zero-order valence-electron chi connectivity index (χ0n) is 21.4. The second-order valence-corrected chi connectivity index (χ2v) is 8.73. The minimum atomic E-state index is 0.214. The highest BCUT2D eigenvalue weighted by atomic mass is 16.5. The molecular weight excluding hydrogens is 424 g/mol. The average Bonchev–Trinajstić information content (AvgIpc) is 2.86. The molecule has 0 saturated carbocycles. The molecule has 0 aliphatic heterocycles. The highest BCUT2D eigenvalue weighted by Crippen LogP contribution is 2.42. The van der Waals surface area contributed by atoms with Crippen molar-refractivity contribution in [3.63, 3.8) is 0 Å². The van der Waals surface area contributed by atoms with Gasteiger partial charge < -0.3 is 14.6 Å². The van der Waals surface area contributed by atoms with Crippen LogP contribution in [0.2, 0.25) is 0 Å². The van der Waals surface area contributed by atoms with Crippen LogP contribution >= 0.6 is 0 Å². The van der Waals surface area contributed by atoms with E-state index in [4.69, 9.17) is 9.47 Å². The normalized spacial score (nSPS) is 11.9. The second kappa shape index (κ2) is 12.5. The monoisotopic (exact) mass is 464 g/mol. The van der Waals surface area contributed by atoms with E-state index in [2.05, 4.69) is 73.5 Å². The molecule has 0 saturated heterocycles. The van der Waals surface area contributed by atoms with E-state index in [1.165, 1.54) is 22.3 Å². The molecule has 0 fully saturated rings. The number of nitrogens with zero attached hydrogens (tertiary/aromatic N) is 2. The van der Waals surface area contributed by atoms with Crippen LogP contribution in [0.5, 0.6) is 11.5 Å². The Morgan fingerprint density at radius 1 is 0.941 bits per heavy atom. The van der Waals surface area contributed by atoms with Crippen molar-refractivity contribution >= 4 is 0 Å². The van der Waals surface area contributed by atoms with Gasteiger partial charge in [0, 0.05) is 30.9 Å². The number of aryl methyl sites for hydroxylation is 2. The average molecular weight is 465 g/mol. The molecule has 1 unspecified atom stereocenters. The van der Waals surface area contributed by atoms with E-state index in [9.17, 15) is 5.11 Å². The number of hydrogen-bond donors (Lipinski definition) is 1. The van der Waals surface area contributed by atoms with Crippen LogP contribution in [-0.4, -0.2) is 25.4 Å². The van der Waals surface area contributed by atoms with Gasteiger partial charge in [-0.15, -0.1) is 0 Å². The first-order chi connectivity index (χ1) is 16.6. The molecule has 34 heavy (non-hydrogen) atoms. The summed E-state index contributed by atoms with van der Waals surface area (Å²) in [5.41, 5.74) is 5.91. The topological polar surface area (TPSA) is 46.5 Å². The van der Waals surface area contributed by atoms with E-state index in [0.29, 0.717) is 19.1 Å². The molecule has 5 heteroatoms. The van der Waals surface area contributed by atoms with E-state index in [-0.39, 0.29) is 6.61 Å². The first kappa shape index (κ1) is 25.7. The van der Waals surface area contributed by atoms with Crippen LogP contribution in [0, 0.1) is 0 Å². The largest absolute Gasteiger partial charge is 0.496 e. The summed E-state index contributed by atoms with van der Waals surface area (Å²) in [5.74, 6) is 2.20.